The van der Waals surface area contributed by atoms with Crippen LogP contribution in [0.5, 0.6) is 0 Å². The van der Waals surface area contributed by atoms with Crippen LogP contribution in [0.25, 0.3) is 0 Å². The quantitative estimate of drug-likeness (QED) is 0.646. The summed E-state index contributed by atoms with van der Waals surface area (Å²) in [6.45, 7) is 8.61. The van der Waals surface area contributed by atoms with Gasteiger partial charge in [0.15, 0.2) is 0 Å². The highest BCUT2D eigenvalue weighted by Crippen LogP contribution is 2.48. The zero-order chi connectivity index (χ0) is 9.64. The highest BCUT2D eigenvalue weighted by atomic mass is 16.5. The second-order valence-corrected chi connectivity index (χ2v) is 5.59. The smallest absolute Gasteiger partial charge is 0.0631 e. The van der Waals surface area contributed by atoms with Crippen LogP contribution in [-0.4, -0.2) is 36.7 Å². The summed E-state index contributed by atoms with van der Waals surface area (Å²) in [5.74, 6) is 1.95. The predicted molar refractivity (Wildman–Crippen MR) is 53.7 cm³/mol. The minimum absolute atomic E-state index is 0.0216. The SMILES string of the molecule is CN1CC2CC2[C@H]1COC(C)(C)C. The van der Waals surface area contributed by atoms with Crippen molar-refractivity contribution in [3.63, 3.8) is 0 Å². The molecule has 1 saturated heterocycles. The van der Waals surface area contributed by atoms with Gasteiger partial charge in [0.05, 0.1) is 12.2 Å². The minimum Gasteiger partial charge on any atom is -0.374 e. The lowest BCUT2D eigenvalue weighted by Gasteiger charge is -2.27. The number of hydrogen-bond donors (Lipinski definition) is 0. The second kappa shape index (κ2) is 2.96. The normalized spacial score (nSPS) is 39.2. The number of nitrogens with zero attached hydrogens (tertiary/aromatic N) is 1. The molecule has 76 valence electrons. The molecule has 2 nitrogen and oxygen atoms in total. The average Bonchev–Trinajstić information content (AvgIpc) is 2.60. The summed E-state index contributed by atoms with van der Waals surface area (Å²) in [5, 5.41) is 0. The summed E-state index contributed by atoms with van der Waals surface area (Å²) in [6, 6.07) is 0.698. The largest absolute Gasteiger partial charge is 0.374 e. The number of rotatable bonds is 2. The van der Waals surface area contributed by atoms with Crippen molar-refractivity contribution in [2.24, 2.45) is 11.8 Å². The first-order valence-corrected chi connectivity index (χ1v) is 5.31. The minimum atomic E-state index is 0.0216. The van der Waals surface area contributed by atoms with Crippen molar-refractivity contribution in [2.45, 2.75) is 38.8 Å². The molecule has 3 atom stereocenters. The van der Waals surface area contributed by atoms with Gasteiger partial charge in [-0.05, 0) is 46.1 Å². The Bertz CT molecular complexity index is 195. The van der Waals surface area contributed by atoms with E-state index in [9.17, 15) is 0 Å². The second-order valence-electron chi connectivity index (χ2n) is 5.59. The molecule has 1 heterocycles. The molecule has 0 amide bonds. The monoisotopic (exact) mass is 183 g/mol. The number of likely N-dealkylation sites (tertiary alicyclic amines) is 1. The standard InChI is InChI=1S/C11H21NO/c1-11(2,3)13-7-10-9-5-8(9)6-12(10)4/h8-10H,5-7H2,1-4H3/t8?,9?,10-/m1/s1. The van der Waals surface area contributed by atoms with Crippen LogP contribution in [0, 0.1) is 11.8 Å². The molecule has 0 aromatic carbocycles. The molecule has 2 unspecified atom stereocenters. The van der Waals surface area contributed by atoms with Gasteiger partial charge in [-0.3, -0.25) is 0 Å². The molecule has 0 radical (unpaired) electrons. The van der Waals surface area contributed by atoms with Crippen molar-refractivity contribution in [2.75, 3.05) is 20.2 Å². The summed E-state index contributed by atoms with van der Waals surface area (Å²) in [6.07, 6.45) is 1.45. The van der Waals surface area contributed by atoms with Crippen LogP contribution in [-0.2, 0) is 4.74 Å². The fourth-order valence-electron chi connectivity index (χ4n) is 2.37. The van der Waals surface area contributed by atoms with Crippen LogP contribution in [0.3, 0.4) is 0 Å². The summed E-state index contributed by atoms with van der Waals surface area (Å²) in [5.41, 5.74) is 0.0216. The Morgan fingerprint density at radius 1 is 1.38 bits per heavy atom. The van der Waals surface area contributed by atoms with Crippen molar-refractivity contribution >= 4 is 0 Å². The van der Waals surface area contributed by atoms with E-state index in [4.69, 9.17) is 4.74 Å². The molecule has 1 saturated carbocycles. The summed E-state index contributed by atoms with van der Waals surface area (Å²) in [4.78, 5) is 2.46. The van der Waals surface area contributed by atoms with Gasteiger partial charge in [-0.15, -0.1) is 0 Å². The summed E-state index contributed by atoms with van der Waals surface area (Å²) in [7, 11) is 2.23. The van der Waals surface area contributed by atoms with E-state index in [-0.39, 0.29) is 5.60 Å². The van der Waals surface area contributed by atoms with Crippen molar-refractivity contribution in [3.05, 3.63) is 0 Å². The van der Waals surface area contributed by atoms with Gasteiger partial charge in [-0.25, -0.2) is 0 Å². The molecule has 0 spiro atoms. The Morgan fingerprint density at radius 3 is 2.54 bits per heavy atom. The van der Waals surface area contributed by atoms with Crippen LogP contribution in [0.15, 0.2) is 0 Å². The maximum absolute atomic E-state index is 5.84. The maximum atomic E-state index is 5.84. The topological polar surface area (TPSA) is 12.5 Å². The van der Waals surface area contributed by atoms with Crippen molar-refractivity contribution < 1.29 is 4.74 Å². The van der Waals surface area contributed by atoms with Gasteiger partial charge in [0.25, 0.3) is 0 Å². The lowest BCUT2D eigenvalue weighted by atomic mass is 10.1. The van der Waals surface area contributed by atoms with Gasteiger partial charge in [-0.2, -0.15) is 0 Å². The van der Waals surface area contributed by atoms with Crippen molar-refractivity contribution in [1.29, 1.82) is 0 Å². The third-order valence-corrected chi connectivity index (χ3v) is 3.25. The Labute approximate surface area is 81.3 Å². The lowest BCUT2D eigenvalue weighted by Crippen LogP contribution is -2.36. The molecule has 0 N–H and O–H groups in total. The molecule has 0 aromatic heterocycles. The van der Waals surface area contributed by atoms with Gasteiger partial charge >= 0.3 is 0 Å². The van der Waals surface area contributed by atoms with E-state index in [0.29, 0.717) is 6.04 Å². The van der Waals surface area contributed by atoms with Crippen LogP contribution < -0.4 is 0 Å². The van der Waals surface area contributed by atoms with Crippen molar-refractivity contribution in [1.82, 2.24) is 4.90 Å². The summed E-state index contributed by atoms with van der Waals surface area (Å²) < 4.78 is 5.84. The fraction of sp³-hybridized carbons (Fsp3) is 1.00. The molecule has 2 aliphatic rings. The van der Waals surface area contributed by atoms with Gasteiger partial charge in [-0.1, -0.05) is 0 Å². The number of likely N-dealkylation sites (N-methyl/N-ethyl adjacent to an activating group) is 1. The molecular formula is C11H21NO. The van der Waals surface area contributed by atoms with Gasteiger partial charge in [0.2, 0.25) is 0 Å². The highest BCUT2D eigenvalue weighted by Gasteiger charge is 2.51. The van der Waals surface area contributed by atoms with Gasteiger partial charge < -0.3 is 9.64 Å². The zero-order valence-corrected chi connectivity index (χ0v) is 9.21. The Kier molecular flexibility index (Phi) is 2.16. The van der Waals surface area contributed by atoms with Crippen LogP contribution in [0.1, 0.15) is 27.2 Å². The first-order chi connectivity index (χ1) is 5.97. The number of ether oxygens (including phenoxy) is 1. The zero-order valence-electron chi connectivity index (χ0n) is 9.21. The van der Waals surface area contributed by atoms with Crippen LogP contribution in [0.4, 0.5) is 0 Å². The third-order valence-electron chi connectivity index (χ3n) is 3.25. The van der Waals surface area contributed by atoms with E-state index in [2.05, 4.69) is 32.7 Å². The average molecular weight is 183 g/mol. The predicted octanol–water partition coefficient (Wildman–Crippen LogP) is 1.75. The molecule has 2 rings (SSSR count). The Hall–Kier alpha value is -0.0800. The Balaban J connectivity index is 1.81. The molecule has 2 fully saturated rings. The molecule has 1 aliphatic heterocycles. The fourth-order valence-corrected chi connectivity index (χ4v) is 2.37. The Morgan fingerprint density at radius 2 is 2.08 bits per heavy atom. The first kappa shape index (κ1) is 9.47. The van der Waals surface area contributed by atoms with Crippen molar-refractivity contribution in [3.8, 4) is 0 Å². The molecule has 2 heteroatoms. The number of piperidine rings is 1. The lowest BCUT2D eigenvalue weighted by molar-refractivity contribution is -0.0296. The van der Waals surface area contributed by atoms with E-state index in [1.807, 2.05) is 0 Å². The maximum Gasteiger partial charge on any atom is 0.0631 e. The number of fused-ring (bicyclic) bond motifs is 1. The van der Waals surface area contributed by atoms with Crippen LogP contribution in [0.2, 0.25) is 0 Å². The van der Waals surface area contributed by atoms with Crippen LogP contribution >= 0.6 is 0 Å². The molecule has 0 aromatic rings. The first-order valence-electron chi connectivity index (χ1n) is 5.31. The van der Waals surface area contributed by atoms with Gasteiger partial charge in [0.1, 0.15) is 0 Å². The molecular weight excluding hydrogens is 162 g/mol. The van der Waals surface area contributed by atoms with E-state index in [0.717, 1.165) is 18.4 Å². The molecule has 0 bridgehead atoms. The third kappa shape index (κ3) is 2.05. The molecule has 13 heavy (non-hydrogen) atoms. The summed E-state index contributed by atoms with van der Waals surface area (Å²) >= 11 is 0. The van der Waals surface area contributed by atoms with Gasteiger partial charge in [0, 0.05) is 12.6 Å². The van der Waals surface area contributed by atoms with E-state index in [1.165, 1.54) is 13.0 Å². The highest BCUT2D eigenvalue weighted by molar-refractivity contribution is 5.03. The van der Waals surface area contributed by atoms with E-state index >= 15 is 0 Å². The van der Waals surface area contributed by atoms with E-state index < -0.39 is 0 Å². The molecule has 1 aliphatic carbocycles. The number of hydrogen-bond acceptors (Lipinski definition) is 2. The van der Waals surface area contributed by atoms with E-state index in [1.54, 1.807) is 0 Å².